The number of hydrogen-bond acceptors (Lipinski definition) is 1. The Bertz CT molecular complexity index is 806. The Morgan fingerprint density at radius 1 is 0.800 bits per heavy atom. The van der Waals surface area contributed by atoms with Crippen LogP contribution < -0.4 is 0 Å². The zero-order valence-electron chi connectivity index (χ0n) is 11.9. The topological polar surface area (TPSA) is 12.9 Å². The maximum absolute atomic E-state index is 13.7. The third-order valence-corrected chi connectivity index (χ3v) is 3.77. The molecule has 0 saturated heterocycles. The third kappa shape index (κ3) is 2.18. The number of rotatable bonds is 1. The van der Waals surface area contributed by atoms with Crippen LogP contribution in [-0.4, -0.2) is 4.98 Å². The van der Waals surface area contributed by atoms with Gasteiger partial charge in [0, 0.05) is 17.0 Å². The van der Waals surface area contributed by atoms with E-state index in [1.165, 1.54) is 17.2 Å². The lowest BCUT2D eigenvalue weighted by Crippen LogP contribution is -1.90. The first kappa shape index (κ1) is 12.8. The molecule has 0 unspecified atom stereocenters. The van der Waals surface area contributed by atoms with E-state index in [9.17, 15) is 4.39 Å². The summed E-state index contributed by atoms with van der Waals surface area (Å²) in [5, 5.41) is 0.969. The van der Waals surface area contributed by atoms with Gasteiger partial charge in [0.05, 0.1) is 11.2 Å². The fourth-order valence-electron chi connectivity index (χ4n) is 2.32. The third-order valence-electron chi connectivity index (χ3n) is 3.77. The van der Waals surface area contributed by atoms with Crippen molar-refractivity contribution in [2.24, 2.45) is 0 Å². The average molecular weight is 265 g/mol. The van der Waals surface area contributed by atoms with Gasteiger partial charge in [-0.25, -0.2) is 9.37 Å². The molecule has 100 valence electrons. The molecule has 1 aromatic heterocycles. The quantitative estimate of drug-likeness (QED) is 0.605. The highest BCUT2D eigenvalue weighted by Gasteiger charge is 2.05. The Balaban J connectivity index is 2.17. The predicted molar refractivity (Wildman–Crippen MR) is 81.3 cm³/mol. The van der Waals surface area contributed by atoms with Gasteiger partial charge in [0.1, 0.15) is 5.82 Å². The first-order chi connectivity index (χ1) is 9.54. The van der Waals surface area contributed by atoms with Crippen LogP contribution in [0.15, 0.2) is 42.5 Å². The van der Waals surface area contributed by atoms with Crippen molar-refractivity contribution in [1.82, 2.24) is 4.98 Å². The van der Waals surface area contributed by atoms with E-state index in [0.29, 0.717) is 11.1 Å². The molecule has 0 aliphatic carbocycles. The molecule has 1 heterocycles. The molecule has 0 aliphatic heterocycles. The molecule has 0 aliphatic rings. The summed E-state index contributed by atoms with van der Waals surface area (Å²) < 4.78 is 13.7. The molecule has 0 amide bonds. The number of benzene rings is 2. The smallest absolute Gasteiger partial charge is 0.128 e. The fraction of sp³-hybridized carbons (Fsp3) is 0.167. The molecule has 0 radical (unpaired) electrons. The average Bonchev–Trinajstić information content (AvgIpc) is 2.43. The maximum Gasteiger partial charge on any atom is 0.128 e. The molecule has 3 aromatic rings. The number of aromatic nitrogens is 1. The zero-order valence-corrected chi connectivity index (χ0v) is 11.9. The van der Waals surface area contributed by atoms with E-state index in [2.05, 4.69) is 37.0 Å². The van der Waals surface area contributed by atoms with Gasteiger partial charge in [0.15, 0.2) is 0 Å². The van der Waals surface area contributed by atoms with E-state index in [1.807, 2.05) is 18.2 Å². The van der Waals surface area contributed by atoms with E-state index >= 15 is 0 Å². The molecule has 0 spiro atoms. The SMILES string of the molecule is Cc1ccc(-c2ccc3cc(C)c(F)cc3n2)cc1C. The Morgan fingerprint density at radius 2 is 1.60 bits per heavy atom. The van der Waals surface area contributed by atoms with Gasteiger partial charge in [-0.3, -0.25) is 0 Å². The van der Waals surface area contributed by atoms with Crippen LogP contribution in [0.4, 0.5) is 4.39 Å². The molecule has 20 heavy (non-hydrogen) atoms. The first-order valence-corrected chi connectivity index (χ1v) is 6.69. The molecule has 0 fully saturated rings. The Hall–Kier alpha value is -2.22. The van der Waals surface area contributed by atoms with Crippen molar-refractivity contribution < 1.29 is 4.39 Å². The number of fused-ring (bicyclic) bond motifs is 1. The Labute approximate surface area is 118 Å². The minimum absolute atomic E-state index is 0.206. The number of nitrogens with zero attached hydrogens (tertiary/aromatic N) is 1. The predicted octanol–water partition coefficient (Wildman–Crippen LogP) is 4.97. The summed E-state index contributed by atoms with van der Waals surface area (Å²) in [4.78, 5) is 4.58. The number of pyridine rings is 1. The highest BCUT2D eigenvalue weighted by Crippen LogP contribution is 2.24. The monoisotopic (exact) mass is 265 g/mol. The summed E-state index contributed by atoms with van der Waals surface area (Å²) in [7, 11) is 0. The molecule has 0 N–H and O–H groups in total. The van der Waals surface area contributed by atoms with Crippen LogP contribution >= 0.6 is 0 Å². The minimum Gasteiger partial charge on any atom is -0.248 e. The summed E-state index contributed by atoms with van der Waals surface area (Å²) in [6, 6.07) is 13.6. The molecule has 2 heteroatoms. The molecule has 3 rings (SSSR count). The van der Waals surface area contributed by atoms with Gasteiger partial charge < -0.3 is 0 Å². The van der Waals surface area contributed by atoms with Crippen LogP contribution in [0.5, 0.6) is 0 Å². The maximum atomic E-state index is 13.7. The van der Waals surface area contributed by atoms with Crippen LogP contribution in [0, 0.1) is 26.6 Å². The second-order valence-corrected chi connectivity index (χ2v) is 5.29. The molecule has 2 aromatic carbocycles. The van der Waals surface area contributed by atoms with Gasteiger partial charge in [0.25, 0.3) is 0 Å². The van der Waals surface area contributed by atoms with E-state index in [1.54, 1.807) is 6.92 Å². The summed E-state index contributed by atoms with van der Waals surface area (Å²) in [6.07, 6.45) is 0. The summed E-state index contributed by atoms with van der Waals surface area (Å²) in [5.74, 6) is -0.206. The van der Waals surface area contributed by atoms with Crippen molar-refractivity contribution >= 4 is 10.9 Å². The van der Waals surface area contributed by atoms with Gasteiger partial charge in [-0.1, -0.05) is 18.2 Å². The van der Waals surface area contributed by atoms with Crippen molar-refractivity contribution in [2.45, 2.75) is 20.8 Å². The fourth-order valence-corrected chi connectivity index (χ4v) is 2.32. The van der Waals surface area contributed by atoms with Crippen LogP contribution in [-0.2, 0) is 0 Å². The van der Waals surface area contributed by atoms with Gasteiger partial charge >= 0.3 is 0 Å². The highest BCUT2D eigenvalue weighted by molar-refractivity contribution is 5.82. The zero-order chi connectivity index (χ0) is 14.3. The lowest BCUT2D eigenvalue weighted by molar-refractivity contribution is 0.620. The summed E-state index contributed by atoms with van der Waals surface area (Å²) in [5.41, 5.74) is 5.79. The highest BCUT2D eigenvalue weighted by atomic mass is 19.1. The van der Waals surface area contributed by atoms with E-state index < -0.39 is 0 Å². The summed E-state index contributed by atoms with van der Waals surface area (Å²) in [6.45, 7) is 5.94. The molecule has 0 saturated carbocycles. The van der Waals surface area contributed by atoms with Gasteiger partial charge in [0.2, 0.25) is 0 Å². The van der Waals surface area contributed by atoms with Crippen molar-refractivity contribution in [3.8, 4) is 11.3 Å². The standard InChI is InChI=1S/C18H16FN/c1-11-4-5-14(8-12(11)2)17-7-6-15-9-13(3)16(19)10-18(15)20-17/h4-10H,1-3H3. The number of hydrogen-bond donors (Lipinski definition) is 0. The molecular formula is C18H16FN. The van der Waals surface area contributed by atoms with Crippen LogP contribution in [0.3, 0.4) is 0 Å². The molecular weight excluding hydrogens is 249 g/mol. The molecule has 1 nitrogen and oxygen atoms in total. The molecule has 0 bridgehead atoms. The van der Waals surface area contributed by atoms with Crippen molar-refractivity contribution in [3.05, 3.63) is 65.0 Å². The van der Waals surface area contributed by atoms with Crippen molar-refractivity contribution in [2.75, 3.05) is 0 Å². The van der Waals surface area contributed by atoms with Crippen molar-refractivity contribution in [1.29, 1.82) is 0 Å². The second kappa shape index (κ2) is 4.71. The lowest BCUT2D eigenvalue weighted by atomic mass is 10.0. The van der Waals surface area contributed by atoms with Crippen LogP contribution in [0.1, 0.15) is 16.7 Å². The van der Waals surface area contributed by atoms with E-state index in [0.717, 1.165) is 16.6 Å². The largest absolute Gasteiger partial charge is 0.248 e. The van der Waals surface area contributed by atoms with E-state index in [-0.39, 0.29) is 5.82 Å². The second-order valence-electron chi connectivity index (χ2n) is 5.29. The Morgan fingerprint density at radius 3 is 2.35 bits per heavy atom. The van der Waals surface area contributed by atoms with Crippen LogP contribution in [0.2, 0.25) is 0 Å². The minimum atomic E-state index is -0.206. The van der Waals surface area contributed by atoms with Gasteiger partial charge in [-0.05, 0) is 55.7 Å². The number of aryl methyl sites for hydroxylation is 3. The van der Waals surface area contributed by atoms with Crippen LogP contribution in [0.25, 0.3) is 22.2 Å². The molecule has 0 atom stereocenters. The van der Waals surface area contributed by atoms with Gasteiger partial charge in [-0.15, -0.1) is 0 Å². The van der Waals surface area contributed by atoms with Crippen molar-refractivity contribution in [3.63, 3.8) is 0 Å². The first-order valence-electron chi connectivity index (χ1n) is 6.69. The number of halogens is 1. The lowest BCUT2D eigenvalue weighted by Gasteiger charge is -2.07. The van der Waals surface area contributed by atoms with E-state index in [4.69, 9.17) is 0 Å². The normalized spacial score (nSPS) is 11.0. The van der Waals surface area contributed by atoms with Gasteiger partial charge in [-0.2, -0.15) is 0 Å². The summed E-state index contributed by atoms with van der Waals surface area (Å²) >= 11 is 0. The Kier molecular flexibility index (Phi) is 3.01.